The molecule has 0 saturated carbocycles. The van der Waals surface area contributed by atoms with Crippen molar-refractivity contribution in [3.05, 3.63) is 86.6 Å². The molecule has 1 atom stereocenters. The quantitative estimate of drug-likeness (QED) is 0.363. The Morgan fingerprint density at radius 2 is 1.97 bits per heavy atom. The van der Waals surface area contributed by atoms with Gasteiger partial charge in [-0.05, 0) is 60.7 Å². The van der Waals surface area contributed by atoms with E-state index in [1.54, 1.807) is 12.1 Å². The highest BCUT2D eigenvalue weighted by molar-refractivity contribution is 7.10. The van der Waals surface area contributed by atoms with E-state index >= 15 is 0 Å². The molecule has 1 fully saturated rings. The number of nitrogens with zero attached hydrogens (tertiary/aromatic N) is 1. The van der Waals surface area contributed by atoms with E-state index < -0.39 is 17.7 Å². The predicted octanol–water partition coefficient (Wildman–Crippen LogP) is 4.93. The number of carbonyl (C=O) groups excluding carboxylic acids is 2. The summed E-state index contributed by atoms with van der Waals surface area (Å²) in [4.78, 5) is 28.7. The number of amides is 1. The van der Waals surface area contributed by atoms with E-state index in [1.165, 1.54) is 16.2 Å². The van der Waals surface area contributed by atoms with Crippen LogP contribution >= 0.6 is 11.3 Å². The number of aliphatic hydroxyl groups excluding tert-OH is 1. The Kier molecular flexibility index (Phi) is 4.67. The van der Waals surface area contributed by atoms with Crippen LogP contribution in [-0.2, 0) is 16.0 Å². The zero-order valence-corrected chi connectivity index (χ0v) is 18.0. The van der Waals surface area contributed by atoms with Crippen LogP contribution in [0.5, 0.6) is 5.75 Å². The van der Waals surface area contributed by atoms with Gasteiger partial charge in [0.15, 0.2) is 0 Å². The van der Waals surface area contributed by atoms with Crippen molar-refractivity contribution in [2.45, 2.75) is 26.3 Å². The normalized spacial score (nSPS) is 19.5. The molecule has 2 aliphatic heterocycles. The Labute approximate surface area is 184 Å². The van der Waals surface area contributed by atoms with Crippen LogP contribution in [0.4, 0.5) is 5.69 Å². The summed E-state index contributed by atoms with van der Waals surface area (Å²) in [6, 6.07) is 14.3. The van der Waals surface area contributed by atoms with E-state index in [0.29, 0.717) is 17.9 Å². The lowest BCUT2D eigenvalue weighted by Gasteiger charge is -2.26. The Morgan fingerprint density at radius 3 is 2.71 bits per heavy atom. The first-order chi connectivity index (χ1) is 15.0. The minimum Gasteiger partial charge on any atom is -0.507 e. The molecule has 5 rings (SSSR count). The zero-order chi connectivity index (χ0) is 21.7. The van der Waals surface area contributed by atoms with E-state index in [4.69, 9.17) is 4.74 Å². The summed E-state index contributed by atoms with van der Waals surface area (Å²) in [5.41, 5.74) is 4.27. The molecule has 1 saturated heterocycles. The lowest BCUT2D eigenvalue weighted by molar-refractivity contribution is -0.132. The summed E-state index contributed by atoms with van der Waals surface area (Å²) in [5, 5.41) is 13.1. The summed E-state index contributed by atoms with van der Waals surface area (Å²) in [6.45, 7) is 4.51. The number of hydrogen-bond acceptors (Lipinski definition) is 5. The first kappa shape index (κ1) is 19.6. The maximum atomic E-state index is 13.2. The molecule has 0 spiro atoms. The number of ether oxygens (including phenoxy) is 1. The summed E-state index contributed by atoms with van der Waals surface area (Å²) >= 11 is 1.46. The fraction of sp³-hybridized carbons (Fsp3) is 0.200. The second kappa shape index (κ2) is 7.39. The molecule has 1 N–H and O–H groups in total. The number of aryl methyl sites for hydroxylation is 2. The number of benzene rings is 2. The van der Waals surface area contributed by atoms with Crippen molar-refractivity contribution in [3.8, 4) is 5.75 Å². The highest BCUT2D eigenvalue weighted by Crippen LogP contribution is 2.44. The summed E-state index contributed by atoms with van der Waals surface area (Å²) < 4.78 is 5.55. The molecular formula is C25H21NO4S. The maximum Gasteiger partial charge on any atom is 0.300 e. The number of anilines is 1. The number of carbonyl (C=O) groups is 2. The van der Waals surface area contributed by atoms with Gasteiger partial charge in [-0.3, -0.25) is 14.5 Å². The van der Waals surface area contributed by atoms with Gasteiger partial charge in [0.05, 0.1) is 12.2 Å². The number of rotatable bonds is 3. The molecular weight excluding hydrogens is 410 g/mol. The molecule has 156 valence electrons. The van der Waals surface area contributed by atoms with Crippen LogP contribution in [0.3, 0.4) is 0 Å². The van der Waals surface area contributed by atoms with Gasteiger partial charge >= 0.3 is 0 Å². The van der Waals surface area contributed by atoms with Crippen LogP contribution in [0.15, 0.2) is 59.5 Å². The topological polar surface area (TPSA) is 66.8 Å². The van der Waals surface area contributed by atoms with Gasteiger partial charge in [0.25, 0.3) is 11.7 Å². The standard InChI is InChI=1S/C25H21NO4S/c1-14-5-7-18(15(2)12-14)26-22(20-4-3-11-31-20)21(24(28)25(26)29)23(27)17-6-8-19-16(13-17)9-10-30-19/h3-8,11-13,22,27H,9-10H2,1-2H3/b23-21-. The average Bonchev–Trinajstić information content (AvgIpc) is 3.48. The van der Waals surface area contributed by atoms with E-state index in [-0.39, 0.29) is 11.3 Å². The molecule has 6 heteroatoms. The van der Waals surface area contributed by atoms with Crippen molar-refractivity contribution in [1.82, 2.24) is 0 Å². The first-order valence-electron chi connectivity index (χ1n) is 10.1. The highest BCUT2D eigenvalue weighted by atomic mass is 32.1. The maximum absolute atomic E-state index is 13.2. The molecule has 31 heavy (non-hydrogen) atoms. The Bertz CT molecular complexity index is 1240. The van der Waals surface area contributed by atoms with E-state index in [1.807, 2.05) is 55.6 Å². The highest BCUT2D eigenvalue weighted by Gasteiger charge is 2.47. The third kappa shape index (κ3) is 3.15. The zero-order valence-electron chi connectivity index (χ0n) is 17.2. The second-order valence-corrected chi connectivity index (χ2v) is 8.87. The van der Waals surface area contributed by atoms with Crippen molar-refractivity contribution in [2.24, 2.45) is 0 Å². The fourth-order valence-corrected chi connectivity index (χ4v) is 5.19. The largest absolute Gasteiger partial charge is 0.507 e. The smallest absolute Gasteiger partial charge is 0.300 e. The fourth-order valence-electron chi connectivity index (χ4n) is 4.36. The Hall–Kier alpha value is -3.38. The van der Waals surface area contributed by atoms with Crippen LogP contribution in [-0.4, -0.2) is 23.4 Å². The van der Waals surface area contributed by atoms with Gasteiger partial charge < -0.3 is 9.84 Å². The molecule has 0 radical (unpaired) electrons. The van der Waals surface area contributed by atoms with Crippen LogP contribution < -0.4 is 9.64 Å². The molecule has 3 heterocycles. The van der Waals surface area contributed by atoms with Gasteiger partial charge in [-0.2, -0.15) is 0 Å². The van der Waals surface area contributed by atoms with Crippen molar-refractivity contribution in [1.29, 1.82) is 0 Å². The Morgan fingerprint density at radius 1 is 1.13 bits per heavy atom. The SMILES string of the molecule is Cc1ccc(N2C(=O)C(=O)/C(=C(\O)c3ccc4c(c3)CCO4)C2c2cccs2)c(C)c1. The van der Waals surface area contributed by atoms with Gasteiger partial charge in [0, 0.05) is 22.5 Å². The monoisotopic (exact) mass is 431 g/mol. The van der Waals surface area contributed by atoms with Crippen molar-refractivity contribution >= 4 is 34.5 Å². The van der Waals surface area contributed by atoms with Gasteiger partial charge in [0.1, 0.15) is 17.6 Å². The summed E-state index contributed by atoms with van der Waals surface area (Å²) in [6.07, 6.45) is 0.752. The van der Waals surface area contributed by atoms with Gasteiger partial charge in [-0.1, -0.05) is 23.8 Å². The summed E-state index contributed by atoms with van der Waals surface area (Å²) in [5.74, 6) is -0.662. The van der Waals surface area contributed by atoms with E-state index in [2.05, 4.69) is 0 Å². The average molecular weight is 432 g/mol. The van der Waals surface area contributed by atoms with Crippen LogP contribution in [0.25, 0.3) is 5.76 Å². The molecule has 3 aromatic rings. The van der Waals surface area contributed by atoms with Crippen LogP contribution in [0.1, 0.15) is 33.2 Å². The number of ketones is 1. The molecule has 0 aliphatic carbocycles. The van der Waals surface area contributed by atoms with Gasteiger partial charge in [-0.15, -0.1) is 11.3 Å². The van der Waals surface area contributed by atoms with Crippen LogP contribution in [0, 0.1) is 13.8 Å². The molecule has 1 aromatic heterocycles. The van der Waals surface area contributed by atoms with Gasteiger partial charge in [0.2, 0.25) is 0 Å². The van der Waals surface area contributed by atoms with Crippen molar-refractivity contribution < 1.29 is 19.4 Å². The lowest BCUT2D eigenvalue weighted by atomic mass is 9.98. The molecule has 5 nitrogen and oxygen atoms in total. The predicted molar refractivity (Wildman–Crippen MR) is 121 cm³/mol. The number of thiophene rings is 1. The second-order valence-electron chi connectivity index (χ2n) is 7.90. The van der Waals surface area contributed by atoms with Gasteiger partial charge in [-0.25, -0.2) is 0 Å². The molecule has 1 amide bonds. The van der Waals surface area contributed by atoms with E-state index in [9.17, 15) is 14.7 Å². The minimum absolute atomic E-state index is 0.117. The van der Waals surface area contributed by atoms with Crippen molar-refractivity contribution in [2.75, 3.05) is 11.5 Å². The lowest BCUT2D eigenvalue weighted by Crippen LogP contribution is -2.29. The molecule has 2 aliphatic rings. The third-order valence-electron chi connectivity index (χ3n) is 5.83. The number of fused-ring (bicyclic) bond motifs is 1. The number of hydrogen-bond donors (Lipinski definition) is 1. The third-order valence-corrected chi connectivity index (χ3v) is 6.76. The Balaban J connectivity index is 1.70. The molecule has 2 aromatic carbocycles. The number of aliphatic hydroxyl groups is 1. The number of Topliss-reactive ketones (excluding diaryl/α,β-unsaturated/α-hetero) is 1. The van der Waals surface area contributed by atoms with Crippen molar-refractivity contribution in [3.63, 3.8) is 0 Å². The first-order valence-corrected chi connectivity index (χ1v) is 11.0. The minimum atomic E-state index is -0.675. The summed E-state index contributed by atoms with van der Waals surface area (Å²) in [7, 11) is 0. The van der Waals surface area contributed by atoms with Crippen LogP contribution in [0.2, 0.25) is 0 Å². The van der Waals surface area contributed by atoms with E-state index in [0.717, 1.165) is 33.7 Å². The molecule has 1 unspecified atom stereocenters. The molecule has 0 bridgehead atoms.